The van der Waals surface area contributed by atoms with Crippen molar-refractivity contribution in [2.24, 2.45) is 0 Å². The molecular formula is C20H20N4O3. The lowest BCUT2D eigenvalue weighted by molar-refractivity contribution is 0.131. The normalized spacial score (nSPS) is 12.5. The third-order valence-corrected chi connectivity index (χ3v) is 4.21. The van der Waals surface area contributed by atoms with Crippen LogP contribution in [0.4, 0.5) is 16.3 Å². The Morgan fingerprint density at radius 3 is 2.63 bits per heavy atom. The fraction of sp³-hybridized carbons (Fsp3) is 0.200. The van der Waals surface area contributed by atoms with E-state index in [1.165, 1.54) is 0 Å². The Kier molecular flexibility index (Phi) is 4.76. The summed E-state index contributed by atoms with van der Waals surface area (Å²) in [6.45, 7) is 3.41. The molecule has 0 fully saturated rings. The van der Waals surface area contributed by atoms with Gasteiger partial charge >= 0.3 is 6.03 Å². The van der Waals surface area contributed by atoms with Crippen LogP contribution in [0.5, 0.6) is 5.75 Å². The van der Waals surface area contributed by atoms with E-state index in [-0.39, 0.29) is 6.03 Å². The number of carbonyl (C=O) groups excluding carboxylic acids is 1. The van der Waals surface area contributed by atoms with E-state index >= 15 is 0 Å². The highest BCUT2D eigenvalue weighted by Gasteiger charge is 2.24. The van der Waals surface area contributed by atoms with Crippen LogP contribution in [0.2, 0.25) is 0 Å². The number of anilines is 2. The zero-order chi connectivity index (χ0) is 18.6. The smallest absolute Gasteiger partial charge is 0.324 e. The number of urea groups is 1. The average Bonchev–Trinajstić information content (AvgIpc) is 3.27. The molecule has 3 aromatic rings. The van der Waals surface area contributed by atoms with Crippen molar-refractivity contribution in [1.29, 1.82) is 0 Å². The third-order valence-electron chi connectivity index (χ3n) is 4.21. The predicted octanol–water partition coefficient (Wildman–Crippen LogP) is 3.95. The maximum atomic E-state index is 12.5. The number of amides is 2. The zero-order valence-electron chi connectivity index (χ0n) is 14.9. The molecule has 1 aliphatic heterocycles. The van der Waals surface area contributed by atoms with Gasteiger partial charge in [-0.05, 0) is 43.3 Å². The van der Waals surface area contributed by atoms with Gasteiger partial charge < -0.3 is 14.8 Å². The molecular weight excluding hydrogens is 344 g/mol. The largest absolute Gasteiger partial charge is 0.494 e. The molecule has 0 spiro atoms. The van der Waals surface area contributed by atoms with Gasteiger partial charge in [-0.25, -0.2) is 9.48 Å². The standard InChI is InChI=1S/C20H20N4O3/c1-2-27-16-10-8-14(9-11-16)21-20(25)22-19-17-12-26-13-18(17)23-24(19)15-6-4-3-5-7-15/h3-11H,2,12-13H2,1H3,(H2,21,22,25). The first-order valence-electron chi connectivity index (χ1n) is 8.79. The lowest BCUT2D eigenvalue weighted by Gasteiger charge is -2.12. The summed E-state index contributed by atoms with van der Waals surface area (Å²) in [4.78, 5) is 12.5. The molecule has 0 bridgehead atoms. The number of carbonyl (C=O) groups is 1. The summed E-state index contributed by atoms with van der Waals surface area (Å²) < 4.78 is 12.6. The van der Waals surface area contributed by atoms with E-state index in [2.05, 4.69) is 15.7 Å². The van der Waals surface area contributed by atoms with Gasteiger partial charge in [-0.3, -0.25) is 5.32 Å². The summed E-state index contributed by atoms with van der Waals surface area (Å²) in [7, 11) is 0. The van der Waals surface area contributed by atoms with Crippen LogP contribution >= 0.6 is 0 Å². The second kappa shape index (κ2) is 7.51. The molecule has 2 amide bonds. The molecule has 0 radical (unpaired) electrons. The molecule has 2 N–H and O–H groups in total. The Morgan fingerprint density at radius 2 is 1.89 bits per heavy atom. The van der Waals surface area contributed by atoms with E-state index in [1.807, 2.05) is 49.4 Å². The quantitative estimate of drug-likeness (QED) is 0.719. The van der Waals surface area contributed by atoms with Gasteiger partial charge in [0.05, 0.1) is 31.2 Å². The van der Waals surface area contributed by atoms with Crippen molar-refractivity contribution < 1.29 is 14.3 Å². The van der Waals surface area contributed by atoms with Crippen molar-refractivity contribution in [1.82, 2.24) is 9.78 Å². The van der Waals surface area contributed by atoms with E-state index in [1.54, 1.807) is 16.8 Å². The monoisotopic (exact) mass is 364 g/mol. The summed E-state index contributed by atoms with van der Waals surface area (Å²) in [5.74, 6) is 1.39. The highest BCUT2D eigenvalue weighted by Crippen LogP contribution is 2.29. The Balaban J connectivity index is 1.54. The van der Waals surface area contributed by atoms with Crippen molar-refractivity contribution in [3.05, 3.63) is 65.9 Å². The maximum absolute atomic E-state index is 12.5. The molecule has 138 valence electrons. The van der Waals surface area contributed by atoms with Gasteiger partial charge in [0.25, 0.3) is 0 Å². The van der Waals surface area contributed by atoms with Crippen LogP contribution in [0, 0.1) is 0 Å². The number of nitrogens with zero attached hydrogens (tertiary/aromatic N) is 2. The maximum Gasteiger partial charge on any atom is 0.324 e. The fourth-order valence-electron chi connectivity index (χ4n) is 2.97. The fourth-order valence-corrected chi connectivity index (χ4v) is 2.97. The minimum Gasteiger partial charge on any atom is -0.494 e. The highest BCUT2D eigenvalue weighted by molar-refractivity contribution is 6.00. The van der Waals surface area contributed by atoms with Crippen LogP contribution < -0.4 is 15.4 Å². The predicted molar refractivity (Wildman–Crippen MR) is 102 cm³/mol. The van der Waals surface area contributed by atoms with Crippen LogP contribution in [-0.4, -0.2) is 22.4 Å². The second-order valence-corrected chi connectivity index (χ2v) is 6.05. The summed E-state index contributed by atoms with van der Waals surface area (Å²) in [5.41, 5.74) is 3.30. The molecule has 4 rings (SSSR count). The van der Waals surface area contributed by atoms with Gasteiger partial charge in [0, 0.05) is 11.3 Å². The Hall–Kier alpha value is -3.32. The second-order valence-electron chi connectivity index (χ2n) is 6.05. The SMILES string of the molecule is CCOc1ccc(NC(=O)Nc2c3c(nn2-c2ccccc2)COC3)cc1. The number of fused-ring (bicyclic) bond motifs is 1. The van der Waals surface area contributed by atoms with Crippen LogP contribution in [0.15, 0.2) is 54.6 Å². The topological polar surface area (TPSA) is 77.4 Å². The van der Waals surface area contributed by atoms with Crippen molar-refractivity contribution in [3.8, 4) is 11.4 Å². The molecule has 0 unspecified atom stereocenters. The molecule has 0 saturated carbocycles. The van der Waals surface area contributed by atoms with Crippen molar-refractivity contribution in [2.45, 2.75) is 20.1 Å². The highest BCUT2D eigenvalue weighted by atomic mass is 16.5. The first-order chi connectivity index (χ1) is 13.2. The van der Waals surface area contributed by atoms with E-state index in [0.29, 0.717) is 31.3 Å². The van der Waals surface area contributed by atoms with E-state index in [0.717, 1.165) is 22.7 Å². The third kappa shape index (κ3) is 3.63. The van der Waals surface area contributed by atoms with Crippen LogP contribution in [-0.2, 0) is 18.0 Å². The molecule has 1 aromatic heterocycles. The van der Waals surface area contributed by atoms with E-state index in [9.17, 15) is 4.79 Å². The number of hydrogen-bond acceptors (Lipinski definition) is 4. The lowest BCUT2D eigenvalue weighted by Crippen LogP contribution is -2.22. The number of rotatable bonds is 5. The van der Waals surface area contributed by atoms with Crippen molar-refractivity contribution >= 4 is 17.5 Å². The number of hydrogen-bond donors (Lipinski definition) is 2. The number of aromatic nitrogens is 2. The first-order valence-corrected chi connectivity index (χ1v) is 8.79. The van der Waals surface area contributed by atoms with Gasteiger partial charge in [0.15, 0.2) is 0 Å². The van der Waals surface area contributed by atoms with Gasteiger partial charge in [0.1, 0.15) is 11.6 Å². The Bertz CT molecular complexity index is 936. The van der Waals surface area contributed by atoms with Crippen LogP contribution in [0.3, 0.4) is 0 Å². The molecule has 7 heteroatoms. The van der Waals surface area contributed by atoms with Crippen molar-refractivity contribution in [2.75, 3.05) is 17.2 Å². The van der Waals surface area contributed by atoms with E-state index in [4.69, 9.17) is 9.47 Å². The molecule has 0 aliphatic carbocycles. The molecule has 7 nitrogen and oxygen atoms in total. The molecule has 0 saturated heterocycles. The number of benzene rings is 2. The Morgan fingerprint density at radius 1 is 1.11 bits per heavy atom. The van der Waals surface area contributed by atoms with Crippen LogP contribution in [0.25, 0.3) is 5.69 Å². The average molecular weight is 364 g/mol. The lowest BCUT2D eigenvalue weighted by atomic mass is 10.2. The molecule has 2 heterocycles. The number of ether oxygens (including phenoxy) is 2. The van der Waals surface area contributed by atoms with Gasteiger partial charge in [0.2, 0.25) is 0 Å². The summed E-state index contributed by atoms with van der Waals surface area (Å²) in [5, 5.41) is 10.3. The number of nitrogens with one attached hydrogen (secondary N) is 2. The van der Waals surface area contributed by atoms with Gasteiger partial charge in [-0.15, -0.1) is 0 Å². The van der Waals surface area contributed by atoms with Gasteiger partial charge in [-0.2, -0.15) is 5.10 Å². The summed E-state index contributed by atoms with van der Waals surface area (Å²) >= 11 is 0. The summed E-state index contributed by atoms with van der Waals surface area (Å²) in [6, 6.07) is 16.6. The molecule has 1 aliphatic rings. The zero-order valence-corrected chi connectivity index (χ0v) is 14.9. The minimum atomic E-state index is -0.342. The van der Waals surface area contributed by atoms with Gasteiger partial charge in [-0.1, -0.05) is 18.2 Å². The summed E-state index contributed by atoms with van der Waals surface area (Å²) in [6.07, 6.45) is 0. The first kappa shape index (κ1) is 17.1. The minimum absolute atomic E-state index is 0.342. The molecule has 0 atom stereocenters. The number of para-hydroxylation sites is 1. The van der Waals surface area contributed by atoms with E-state index < -0.39 is 0 Å². The molecule has 2 aromatic carbocycles. The van der Waals surface area contributed by atoms with Crippen LogP contribution in [0.1, 0.15) is 18.2 Å². The van der Waals surface area contributed by atoms with Crippen molar-refractivity contribution in [3.63, 3.8) is 0 Å². The molecule has 27 heavy (non-hydrogen) atoms. The Labute approximate surface area is 156 Å².